The van der Waals surface area contributed by atoms with Gasteiger partial charge in [-0.25, -0.2) is 0 Å². The molecule has 0 spiro atoms. The summed E-state index contributed by atoms with van der Waals surface area (Å²) in [5.41, 5.74) is 1.98. The third-order valence-corrected chi connectivity index (χ3v) is 2.77. The molecule has 0 aliphatic heterocycles. The van der Waals surface area contributed by atoms with Crippen LogP contribution >= 0.6 is 11.6 Å². The molecule has 1 heterocycles. The number of hydrogen-bond donors (Lipinski definition) is 2. The highest BCUT2D eigenvalue weighted by Gasteiger charge is 2.12. The summed E-state index contributed by atoms with van der Waals surface area (Å²) >= 11 is 5.71. The zero-order valence-corrected chi connectivity index (χ0v) is 10.3. The van der Waals surface area contributed by atoms with Crippen LogP contribution in [-0.4, -0.2) is 17.6 Å². The molecule has 4 nitrogen and oxygen atoms in total. The van der Waals surface area contributed by atoms with Crippen LogP contribution in [-0.2, 0) is 6.42 Å². The highest BCUT2D eigenvalue weighted by molar-refractivity contribution is 6.32. The summed E-state index contributed by atoms with van der Waals surface area (Å²) in [6.45, 7) is 0.107. The van der Waals surface area contributed by atoms with E-state index >= 15 is 0 Å². The van der Waals surface area contributed by atoms with E-state index < -0.39 is 0 Å². The normalized spacial score (nSPS) is 10.3. The van der Waals surface area contributed by atoms with Gasteiger partial charge in [-0.2, -0.15) is 0 Å². The number of hydrogen-bond acceptors (Lipinski definition) is 3. The van der Waals surface area contributed by atoms with Gasteiger partial charge in [0.05, 0.1) is 11.8 Å². The quantitative estimate of drug-likeness (QED) is 0.893. The van der Waals surface area contributed by atoms with Crippen molar-refractivity contribution in [2.45, 2.75) is 6.42 Å². The molecule has 0 aliphatic rings. The van der Waals surface area contributed by atoms with Crippen LogP contribution in [0.15, 0.2) is 41.0 Å². The van der Waals surface area contributed by atoms with Gasteiger partial charge in [-0.1, -0.05) is 12.1 Å². The van der Waals surface area contributed by atoms with Gasteiger partial charge in [0.15, 0.2) is 0 Å². The Labute approximate surface area is 109 Å². The number of carbonyl (C=O) groups is 1. The van der Waals surface area contributed by atoms with Gasteiger partial charge in [-0.3, -0.25) is 4.79 Å². The topological polar surface area (TPSA) is 62.5 Å². The summed E-state index contributed by atoms with van der Waals surface area (Å²) in [4.78, 5) is 11.8. The minimum absolute atomic E-state index is 0.0735. The molecule has 18 heavy (non-hydrogen) atoms. The van der Waals surface area contributed by atoms with Gasteiger partial charge in [-0.05, 0) is 41.8 Å². The first kappa shape index (κ1) is 12.7. The molecular formula is C13H12ClNO3. The fraction of sp³-hybridized carbons (Fsp3) is 0.154. The fourth-order valence-corrected chi connectivity index (χ4v) is 1.74. The molecule has 2 N–H and O–H groups in total. The average Bonchev–Trinajstić information content (AvgIpc) is 2.78. The molecule has 0 atom stereocenters. The zero-order valence-electron chi connectivity index (χ0n) is 9.52. The molecule has 1 amide bonds. The predicted octanol–water partition coefficient (Wildman–Crippen LogP) is 2.72. The lowest BCUT2D eigenvalue weighted by Gasteiger charge is -2.05. The van der Waals surface area contributed by atoms with Gasteiger partial charge >= 0.3 is 0 Å². The number of rotatable bonds is 4. The van der Waals surface area contributed by atoms with Crippen molar-refractivity contribution in [3.8, 4) is 0 Å². The number of carbonyl (C=O) groups excluding carboxylic acids is 1. The lowest BCUT2D eigenvalue weighted by molar-refractivity contribution is 0.102. The van der Waals surface area contributed by atoms with E-state index in [-0.39, 0.29) is 17.7 Å². The molecule has 94 valence electrons. The molecule has 2 rings (SSSR count). The van der Waals surface area contributed by atoms with E-state index in [1.165, 1.54) is 12.3 Å². The van der Waals surface area contributed by atoms with E-state index in [4.69, 9.17) is 21.1 Å². The fourth-order valence-electron chi connectivity index (χ4n) is 1.54. The first-order valence-corrected chi connectivity index (χ1v) is 5.82. The third-order valence-electron chi connectivity index (χ3n) is 2.47. The molecule has 2 aromatic rings. The molecule has 0 fully saturated rings. The number of benzene rings is 1. The highest BCUT2D eigenvalue weighted by Crippen LogP contribution is 2.18. The van der Waals surface area contributed by atoms with E-state index in [9.17, 15) is 4.79 Å². The maximum Gasteiger partial charge on any atom is 0.260 e. The second-order valence-electron chi connectivity index (χ2n) is 3.73. The Kier molecular flexibility index (Phi) is 4.02. The van der Waals surface area contributed by atoms with E-state index in [0.717, 1.165) is 5.56 Å². The Bertz CT molecular complexity index is 533. The van der Waals surface area contributed by atoms with Crippen LogP contribution in [0.5, 0.6) is 0 Å². The Morgan fingerprint density at radius 1 is 1.28 bits per heavy atom. The summed E-state index contributed by atoms with van der Waals surface area (Å²) in [5.74, 6) is -0.316. The van der Waals surface area contributed by atoms with Gasteiger partial charge in [0.1, 0.15) is 0 Å². The molecule has 0 saturated carbocycles. The lowest BCUT2D eigenvalue weighted by atomic mass is 10.1. The predicted molar refractivity (Wildman–Crippen MR) is 68.9 cm³/mol. The molecule has 0 aliphatic carbocycles. The standard InChI is InChI=1S/C13H12ClNO3/c14-12-11(6-8-18-12)13(17)15-10-3-1-9(2-4-10)5-7-16/h1-4,6,8,16H,5,7H2,(H,15,17). The molecular weight excluding hydrogens is 254 g/mol. The highest BCUT2D eigenvalue weighted by atomic mass is 35.5. The van der Waals surface area contributed by atoms with E-state index in [1.54, 1.807) is 12.1 Å². The molecule has 1 aromatic carbocycles. The molecule has 0 bridgehead atoms. The Hall–Kier alpha value is -1.78. The van der Waals surface area contributed by atoms with Crippen LogP contribution in [0.25, 0.3) is 0 Å². The monoisotopic (exact) mass is 265 g/mol. The van der Waals surface area contributed by atoms with Crippen LogP contribution < -0.4 is 5.32 Å². The summed E-state index contributed by atoms with van der Waals surface area (Å²) in [7, 11) is 0. The first-order valence-electron chi connectivity index (χ1n) is 5.45. The first-order chi connectivity index (χ1) is 8.70. The van der Waals surface area contributed by atoms with E-state index in [1.807, 2.05) is 12.1 Å². The summed E-state index contributed by atoms with van der Waals surface area (Å²) in [5, 5.41) is 11.6. The van der Waals surface area contributed by atoms with Gasteiger partial charge < -0.3 is 14.8 Å². The Morgan fingerprint density at radius 2 is 2.00 bits per heavy atom. The van der Waals surface area contributed by atoms with Crippen LogP contribution in [0.1, 0.15) is 15.9 Å². The Morgan fingerprint density at radius 3 is 2.56 bits per heavy atom. The van der Waals surface area contributed by atoms with Crippen molar-refractivity contribution in [2.75, 3.05) is 11.9 Å². The smallest absolute Gasteiger partial charge is 0.260 e. The number of nitrogens with one attached hydrogen (secondary N) is 1. The van der Waals surface area contributed by atoms with Crippen molar-refractivity contribution >= 4 is 23.2 Å². The summed E-state index contributed by atoms with van der Waals surface area (Å²) in [6, 6.07) is 8.76. The minimum Gasteiger partial charge on any atom is -0.452 e. The molecule has 1 aromatic heterocycles. The van der Waals surface area contributed by atoms with Crippen molar-refractivity contribution < 1.29 is 14.3 Å². The molecule has 0 radical (unpaired) electrons. The number of amides is 1. The van der Waals surface area contributed by atoms with Gasteiger partial charge in [0.2, 0.25) is 5.22 Å². The van der Waals surface area contributed by atoms with E-state index in [2.05, 4.69) is 5.32 Å². The maximum absolute atomic E-state index is 11.8. The van der Waals surface area contributed by atoms with Crippen molar-refractivity contribution in [3.05, 3.63) is 52.9 Å². The second kappa shape index (κ2) is 5.71. The van der Waals surface area contributed by atoms with Crippen molar-refractivity contribution in [1.29, 1.82) is 0 Å². The number of halogens is 1. The third kappa shape index (κ3) is 2.91. The van der Waals surface area contributed by atoms with Gasteiger partial charge in [0, 0.05) is 12.3 Å². The number of anilines is 1. The van der Waals surface area contributed by atoms with Crippen molar-refractivity contribution in [1.82, 2.24) is 0 Å². The van der Waals surface area contributed by atoms with Crippen LogP contribution in [0.4, 0.5) is 5.69 Å². The average molecular weight is 266 g/mol. The van der Waals surface area contributed by atoms with Crippen molar-refractivity contribution in [3.63, 3.8) is 0 Å². The van der Waals surface area contributed by atoms with Gasteiger partial charge in [0.25, 0.3) is 5.91 Å². The van der Waals surface area contributed by atoms with Crippen LogP contribution in [0.2, 0.25) is 5.22 Å². The van der Waals surface area contributed by atoms with Crippen molar-refractivity contribution in [2.24, 2.45) is 0 Å². The summed E-state index contributed by atoms with van der Waals surface area (Å²) < 4.78 is 4.85. The largest absolute Gasteiger partial charge is 0.452 e. The molecule has 0 saturated heterocycles. The van der Waals surface area contributed by atoms with Crippen LogP contribution in [0.3, 0.4) is 0 Å². The van der Waals surface area contributed by atoms with E-state index in [0.29, 0.717) is 17.7 Å². The summed E-state index contributed by atoms with van der Waals surface area (Å²) in [6.07, 6.45) is 1.96. The maximum atomic E-state index is 11.8. The Balaban J connectivity index is 2.05. The number of aliphatic hydroxyl groups excluding tert-OH is 1. The lowest BCUT2D eigenvalue weighted by Crippen LogP contribution is -2.11. The SMILES string of the molecule is O=C(Nc1ccc(CCO)cc1)c1ccoc1Cl. The molecule has 5 heteroatoms. The number of aliphatic hydroxyl groups is 1. The van der Waals surface area contributed by atoms with Gasteiger partial charge in [-0.15, -0.1) is 0 Å². The van der Waals surface area contributed by atoms with Crippen LogP contribution in [0, 0.1) is 0 Å². The minimum atomic E-state index is -0.316. The number of furan rings is 1. The second-order valence-corrected chi connectivity index (χ2v) is 4.08. The zero-order chi connectivity index (χ0) is 13.0. The molecule has 0 unspecified atom stereocenters.